The zero-order chi connectivity index (χ0) is 22.2. The predicted molar refractivity (Wildman–Crippen MR) is 122 cm³/mol. The Kier molecular flexibility index (Phi) is 5.44. The number of hydrogen-bond acceptors (Lipinski definition) is 7. The van der Waals surface area contributed by atoms with Crippen LogP contribution in [0.15, 0.2) is 63.4 Å². The second kappa shape index (κ2) is 8.40. The smallest absolute Gasteiger partial charge is 0.253 e. The third-order valence-electron chi connectivity index (χ3n) is 5.20. The number of fused-ring (bicyclic) bond motifs is 1. The Balaban J connectivity index is 1.39. The van der Waals surface area contributed by atoms with Gasteiger partial charge in [0.25, 0.3) is 5.91 Å². The molecule has 1 atom stereocenters. The summed E-state index contributed by atoms with van der Waals surface area (Å²) in [6, 6.07) is 12.7. The van der Waals surface area contributed by atoms with E-state index >= 15 is 0 Å². The lowest BCUT2D eigenvalue weighted by Gasteiger charge is -2.19. The van der Waals surface area contributed by atoms with Crippen LogP contribution in [0.5, 0.6) is 0 Å². The summed E-state index contributed by atoms with van der Waals surface area (Å²) in [6.45, 7) is 3.81. The van der Waals surface area contributed by atoms with Crippen molar-refractivity contribution in [2.24, 2.45) is 5.10 Å². The molecule has 4 aromatic rings. The number of rotatable bonds is 5. The van der Waals surface area contributed by atoms with Gasteiger partial charge in [-0.1, -0.05) is 35.5 Å². The first-order valence-electron chi connectivity index (χ1n) is 10.0. The predicted octanol–water partition coefficient (Wildman–Crippen LogP) is 4.46. The van der Waals surface area contributed by atoms with Crippen LogP contribution < -0.4 is 0 Å². The van der Waals surface area contributed by atoms with Crippen molar-refractivity contribution in [2.45, 2.75) is 31.5 Å². The third-order valence-corrected chi connectivity index (χ3v) is 6.36. The number of carbonyl (C=O) groups excluding carboxylic acids is 1. The zero-order valence-electron chi connectivity index (χ0n) is 17.4. The number of amides is 1. The van der Waals surface area contributed by atoms with E-state index in [2.05, 4.69) is 20.3 Å². The van der Waals surface area contributed by atoms with E-state index < -0.39 is 0 Å². The van der Waals surface area contributed by atoms with Crippen LogP contribution in [0.1, 0.15) is 35.3 Å². The average Bonchev–Trinajstić information content (AvgIpc) is 3.51. The van der Waals surface area contributed by atoms with Gasteiger partial charge in [0.15, 0.2) is 10.8 Å². The van der Waals surface area contributed by atoms with Crippen LogP contribution >= 0.6 is 23.4 Å². The fourth-order valence-electron chi connectivity index (χ4n) is 3.75. The number of benzene rings is 1. The van der Waals surface area contributed by atoms with Crippen LogP contribution in [-0.2, 0) is 4.79 Å². The van der Waals surface area contributed by atoms with E-state index in [1.165, 1.54) is 16.8 Å². The Morgan fingerprint density at radius 2 is 2.03 bits per heavy atom. The van der Waals surface area contributed by atoms with E-state index in [4.69, 9.17) is 16.0 Å². The Hall–Kier alpha value is -3.17. The first-order valence-corrected chi connectivity index (χ1v) is 11.4. The molecule has 1 aliphatic heterocycles. The van der Waals surface area contributed by atoms with Gasteiger partial charge < -0.3 is 4.42 Å². The number of aryl methyl sites for hydroxylation is 2. The second-order valence-corrected chi connectivity index (χ2v) is 8.82. The summed E-state index contributed by atoms with van der Waals surface area (Å²) in [5.74, 6) is 1.48. The molecule has 0 fully saturated rings. The van der Waals surface area contributed by atoms with Gasteiger partial charge in [0.2, 0.25) is 0 Å². The highest BCUT2D eigenvalue weighted by molar-refractivity contribution is 7.99. The van der Waals surface area contributed by atoms with Gasteiger partial charge in [0, 0.05) is 23.2 Å². The molecule has 10 heteroatoms. The Morgan fingerprint density at radius 3 is 2.78 bits per heavy atom. The molecule has 162 valence electrons. The number of hydrogen-bond donors (Lipinski definition) is 0. The lowest BCUT2D eigenvalue weighted by Crippen LogP contribution is -2.28. The molecule has 5 rings (SSSR count). The van der Waals surface area contributed by atoms with Crippen LogP contribution in [-0.4, -0.2) is 42.0 Å². The molecular formula is C22H19ClN6O2S. The number of aromatic nitrogens is 4. The summed E-state index contributed by atoms with van der Waals surface area (Å²) in [7, 11) is 0. The maximum atomic E-state index is 13.2. The Bertz CT molecular complexity index is 1320. The van der Waals surface area contributed by atoms with Crippen LogP contribution in [0.25, 0.3) is 5.65 Å². The second-order valence-electron chi connectivity index (χ2n) is 7.44. The van der Waals surface area contributed by atoms with Gasteiger partial charge in [0.05, 0.1) is 17.7 Å². The molecule has 0 spiro atoms. The molecule has 0 N–H and O–H groups in total. The monoisotopic (exact) mass is 466 g/mol. The standard InChI is InChI=1S/C22H19ClN6O2S/c1-13-10-20-25-26-22(28(20)14(2)24-13)32-12-21(30)29-18(19-4-3-9-31-19)11-17(27-29)15-5-7-16(23)8-6-15/h3-10,18H,11-12H2,1-2H3. The summed E-state index contributed by atoms with van der Waals surface area (Å²) in [5.41, 5.74) is 3.32. The van der Waals surface area contributed by atoms with Crippen molar-refractivity contribution < 1.29 is 9.21 Å². The molecule has 1 unspecified atom stereocenters. The zero-order valence-corrected chi connectivity index (χ0v) is 19.0. The van der Waals surface area contributed by atoms with Gasteiger partial charge in [-0.05, 0) is 43.7 Å². The molecule has 0 saturated heterocycles. The maximum absolute atomic E-state index is 13.2. The molecule has 0 bridgehead atoms. The summed E-state index contributed by atoms with van der Waals surface area (Å²) in [5, 5.41) is 15.9. The summed E-state index contributed by atoms with van der Waals surface area (Å²) >= 11 is 7.33. The van der Waals surface area contributed by atoms with E-state index in [1.54, 1.807) is 6.26 Å². The topological polar surface area (TPSA) is 88.9 Å². The van der Waals surface area contributed by atoms with Crippen molar-refractivity contribution in [3.63, 3.8) is 0 Å². The molecule has 1 amide bonds. The van der Waals surface area contributed by atoms with Crippen molar-refractivity contribution in [1.29, 1.82) is 0 Å². The van der Waals surface area contributed by atoms with Crippen molar-refractivity contribution in [2.75, 3.05) is 5.75 Å². The molecule has 0 aliphatic carbocycles. The molecule has 0 radical (unpaired) electrons. The van der Waals surface area contributed by atoms with Crippen molar-refractivity contribution in [3.8, 4) is 0 Å². The molecule has 4 heterocycles. The number of thioether (sulfide) groups is 1. The largest absolute Gasteiger partial charge is 0.467 e. The van der Waals surface area contributed by atoms with Gasteiger partial charge in [-0.15, -0.1) is 10.2 Å². The maximum Gasteiger partial charge on any atom is 0.253 e. The van der Waals surface area contributed by atoms with Crippen LogP contribution in [0.4, 0.5) is 0 Å². The quantitative estimate of drug-likeness (QED) is 0.403. The SMILES string of the molecule is Cc1cc2nnc(SCC(=O)N3N=C(c4ccc(Cl)cc4)CC3c3ccco3)n2c(C)n1. The Morgan fingerprint density at radius 1 is 1.22 bits per heavy atom. The highest BCUT2D eigenvalue weighted by Gasteiger charge is 2.35. The average molecular weight is 467 g/mol. The van der Waals surface area contributed by atoms with Crippen molar-refractivity contribution in [3.05, 3.63) is 76.6 Å². The summed E-state index contributed by atoms with van der Waals surface area (Å²) in [6.07, 6.45) is 2.16. The number of carbonyl (C=O) groups is 1. The number of furan rings is 1. The minimum absolute atomic E-state index is 0.144. The molecule has 1 aromatic carbocycles. The Labute approximate surface area is 193 Å². The minimum atomic E-state index is -0.301. The molecule has 3 aromatic heterocycles. The summed E-state index contributed by atoms with van der Waals surface area (Å²) in [4.78, 5) is 17.7. The minimum Gasteiger partial charge on any atom is -0.467 e. The normalized spacial score (nSPS) is 16.0. The van der Waals surface area contributed by atoms with Crippen LogP contribution in [0.2, 0.25) is 5.02 Å². The number of hydrazone groups is 1. The van der Waals surface area contributed by atoms with E-state index in [1.807, 2.05) is 60.7 Å². The van der Waals surface area contributed by atoms with Gasteiger partial charge in [0.1, 0.15) is 17.6 Å². The lowest BCUT2D eigenvalue weighted by atomic mass is 10.0. The molecule has 1 aliphatic rings. The number of nitrogens with zero attached hydrogens (tertiary/aromatic N) is 6. The fraction of sp³-hybridized carbons (Fsp3) is 0.227. The molecule has 0 saturated carbocycles. The first-order chi connectivity index (χ1) is 15.5. The van der Waals surface area contributed by atoms with E-state index in [0.29, 0.717) is 28.0 Å². The molecular weight excluding hydrogens is 448 g/mol. The van der Waals surface area contributed by atoms with Gasteiger partial charge in [-0.3, -0.25) is 9.20 Å². The third kappa shape index (κ3) is 3.89. The van der Waals surface area contributed by atoms with Crippen molar-refractivity contribution >= 4 is 40.6 Å². The fourth-order valence-corrected chi connectivity index (χ4v) is 4.71. The lowest BCUT2D eigenvalue weighted by molar-refractivity contribution is -0.130. The van der Waals surface area contributed by atoms with Gasteiger partial charge in [-0.25, -0.2) is 9.99 Å². The molecule has 32 heavy (non-hydrogen) atoms. The van der Waals surface area contributed by atoms with Crippen LogP contribution in [0, 0.1) is 13.8 Å². The first kappa shape index (κ1) is 20.7. The highest BCUT2D eigenvalue weighted by Crippen LogP contribution is 2.34. The van der Waals surface area contributed by atoms with E-state index in [9.17, 15) is 4.79 Å². The van der Waals surface area contributed by atoms with E-state index in [0.717, 1.165) is 22.8 Å². The van der Waals surface area contributed by atoms with E-state index in [-0.39, 0.29) is 17.7 Å². The van der Waals surface area contributed by atoms with Crippen LogP contribution in [0.3, 0.4) is 0 Å². The number of halogens is 1. The molecule has 8 nitrogen and oxygen atoms in total. The van der Waals surface area contributed by atoms with Gasteiger partial charge in [-0.2, -0.15) is 5.10 Å². The van der Waals surface area contributed by atoms with Crippen molar-refractivity contribution in [1.82, 2.24) is 24.6 Å². The van der Waals surface area contributed by atoms with Gasteiger partial charge >= 0.3 is 0 Å². The highest BCUT2D eigenvalue weighted by atomic mass is 35.5. The summed E-state index contributed by atoms with van der Waals surface area (Å²) < 4.78 is 7.45.